The molecule has 2 aliphatic rings. The van der Waals surface area contributed by atoms with Gasteiger partial charge in [0.05, 0.1) is 13.5 Å². The number of benzene rings is 2. The Kier molecular flexibility index (Phi) is 6.56. The van der Waals surface area contributed by atoms with Crippen LogP contribution in [0.2, 0.25) is 0 Å². The SMILES string of the molecule is COc1cc(CC(=O)NC2=CC=CC(=C3CCCCC3c3ccccc3)C2)ccc1O. The first kappa shape index (κ1) is 21.0. The van der Waals surface area contributed by atoms with E-state index in [1.54, 1.807) is 18.2 Å². The highest BCUT2D eigenvalue weighted by molar-refractivity contribution is 5.80. The zero-order valence-electron chi connectivity index (χ0n) is 17.9. The molecule has 1 amide bonds. The van der Waals surface area contributed by atoms with Crippen molar-refractivity contribution in [2.24, 2.45) is 0 Å². The first-order valence-corrected chi connectivity index (χ1v) is 10.9. The first-order chi connectivity index (χ1) is 15.1. The quantitative estimate of drug-likeness (QED) is 0.672. The summed E-state index contributed by atoms with van der Waals surface area (Å²) in [5.41, 5.74) is 5.96. The Morgan fingerprint density at radius 1 is 1.16 bits per heavy atom. The van der Waals surface area contributed by atoms with Crippen LogP contribution in [0.25, 0.3) is 0 Å². The topological polar surface area (TPSA) is 58.6 Å². The number of aromatic hydroxyl groups is 1. The number of carbonyl (C=O) groups is 1. The third kappa shape index (κ3) is 5.08. The molecule has 0 spiro atoms. The van der Waals surface area contributed by atoms with Gasteiger partial charge in [0.1, 0.15) is 0 Å². The van der Waals surface area contributed by atoms with Crippen LogP contribution in [0, 0.1) is 0 Å². The minimum atomic E-state index is -0.0677. The molecule has 0 aliphatic heterocycles. The Bertz CT molecular complexity index is 1030. The van der Waals surface area contributed by atoms with Crippen molar-refractivity contribution < 1.29 is 14.6 Å². The molecule has 31 heavy (non-hydrogen) atoms. The summed E-state index contributed by atoms with van der Waals surface area (Å²) in [5.74, 6) is 0.848. The molecule has 4 heteroatoms. The third-order valence-electron chi connectivity index (χ3n) is 6.11. The molecule has 2 aromatic carbocycles. The fourth-order valence-electron chi connectivity index (χ4n) is 4.60. The fraction of sp³-hybridized carbons (Fsp3) is 0.296. The van der Waals surface area contributed by atoms with E-state index >= 15 is 0 Å². The zero-order valence-corrected chi connectivity index (χ0v) is 17.9. The van der Waals surface area contributed by atoms with Crippen LogP contribution >= 0.6 is 0 Å². The van der Waals surface area contributed by atoms with Crippen LogP contribution in [0.5, 0.6) is 11.5 Å². The number of hydrogen-bond acceptors (Lipinski definition) is 3. The summed E-state index contributed by atoms with van der Waals surface area (Å²) in [6.07, 6.45) is 12.0. The summed E-state index contributed by atoms with van der Waals surface area (Å²) in [6, 6.07) is 15.8. The maximum Gasteiger partial charge on any atom is 0.228 e. The Morgan fingerprint density at radius 2 is 2.00 bits per heavy atom. The van der Waals surface area contributed by atoms with Gasteiger partial charge in [-0.05, 0) is 54.2 Å². The van der Waals surface area contributed by atoms with Gasteiger partial charge >= 0.3 is 0 Å². The predicted octanol–water partition coefficient (Wildman–Crippen LogP) is 5.56. The van der Waals surface area contributed by atoms with Gasteiger partial charge < -0.3 is 15.2 Å². The molecule has 2 N–H and O–H groups in total. The second kappa shape index (κ2) is 9.69. The van der Waals surface area contributed by atoms with Crippen LogP contribution in [-0.2, 0) is 11.2 Å². The van der Waals surface area contributed by atoms with Gasteiger partial charge in [0.25, 0.3) is 0 Å². The van der Waals surface area contributed by atoms with Gasteiger partial charge in [-0.2, -0.15) is 0 Å². The normalized spacial score (nSPS) is 20.8. The van der Waals surface area contributed by atoms with E-state index in [1.807, 2.05) is 12.2 Å². The molecule has 2 aliphatic carbocycles. The fourth-order valence-corrected chi connectivity index (χ4v) is 4.60. The second-order valence-electron chi connectivity index (χ2n) is 8.22. The molecular formula is C27H29NO3. The number of rotatable bonds is 5. The number of allylic oxidation sites excluding steroid dienone is 5. The number of carbonyl (C=O) groups excluding carboxylic acids is 1. The Balaban J connectivity index is 1.46. The lowest BCUT2D eigenvalue weighted by Gasteiger charge is -2.29. The molecule has 4 nitrogen and oxygen atoms in total. The number of nitrogens with one attached hydrogen (secondary N) is 1. The number of phenols is 1. The third-order valence-corrected chi connectivity index (χ3v) is 6.11. The van der Waals surface area contributed by atoms with Gasteiger partial charge in [0.2, 0.25) is 5.91 Å². The molecule has 0 aromatic heterocycles. The molecule has 2 aromatic rings. The van der Waals surface area contributed by atoms with Crippen molar-refractivity contribution in [3.05, 3.63) is 94.7 Å². The van der Waals surface area contributed by atoms with Crippen molar-refractivity contribution in [1.82, 2.24) is 5.32 Å². The first-order valence-electron chi connectivity index (χ1n) is 10.9. The van der Waals surface area contributed by atoms with E-state index in [0.29, 0.717) is 11.7 Å². The zero-order chi connectivity index (χ0) is 21.6. The summed E-state index contributed by atoms with van der Waals surface area (Å²) in [4.78, 5) is 12.6. The van der Waals surface area contributed by atoms with Gasteiger partial charge in [0.15, 0.2) is 11.5 Å². The molecule has 1 saturated carbocycles. The van der Waals surface area contributed by atoms with E-state index < -0.39 is 0 Å². The molecule has 4 rings (SSSR count). The van der Waals surface area contributed by atoms with E-state index in [1.165, 1.54) is 43.1 Å². The molecular weight excluding hydrogens is 386 g/mol. The predicted molar refractivity (Wildman–Crippen MR) is 123 cm³/mol. The molecule has 0 saturated heterocycles. The number of ether oxygens (including phenoxy) is 1. The summed E-state index contributed by atoms with van der Waals surface area (Å²) in [7, 11) is 1.50. The lowest BCUT2D eigenvalue weighted by atomic mass is 9.76. The monoisotopic (exact) mass is 415 g/mol. The molecule has 1 fully saturated rings. The average molecular weight is 416 g/mol. The van der Waals surface area contributed by atoms with Crippen molar-refractivity contribution in [2.75, 3.05) is 7.11 Å². The number of phenolic OH excluding ortho intramolecular Hbond substituents is 1. The number of hydrogen-bond donors (Lipinski definition) is 2. The van der Waals surface area contributed by atoms with E-state index in [-0.39, 0.29) is 18.1 Å². The number of amides is 1. The second-order valence-corrected chi connectivity index (χ2v) is 8.22. The average Bonchev–Trinajstić information content (AvgIpc) is 2.81. The lowest BCUT2D eigenvalue weighted by Crippen LogP contribution is -2.25. The van der Waals surface area contributed by atoms with Crippen molar-refractivity contribution in [2.45, 2.75) is 44.4 Å². The van der Waals surface area contributed by atoms with Crippen LogP contribution in [-0.4, -0.2) is 18.1 Å². The van der Waals surface area contributed by atoms with E-state index in [2.05, 4.69) is 41.7 Å². The van der Waals surface area contributed by atoms with E-state index in [4.69, 9.17) is 4.74 Å². The maximum atomic E-state index is 12.6. The van der Waals surface area contributed by atoms with Gasteiger partial charge in [0, 0.05) is 18.0 Å². The summed E-state index contributed by atoms with van der Waals surface area (Å²) < 4.78 is 5.14. The van der Waals surface area contributed by atoms with Crippen LogP contribution in [0.15, 0.2) is 83.6 Å². The van der Waals surface area contributed by atoms with Crippen LogP contribution in [0.3, 0.4) is 0 Å². The van der Waals surface area contributed by atoms with Crippen molar-refractivity contribution >= 4 is 5.91 Å². The van der Waals surface area contributed by atoms with Gasteiger partial charge in [-0.3, -0.25) is 4.79 Å². The Labute approximate surface area is 184 Å². The van der Waals surface area contributed by atoms with Gasteiger partial charge in [-0.25, -0.2) is 0 Å². The molecule has 0 bridgehead atoms. The van der Waals surface area contributed by atoms with Crippen LogP contribution < -0.4 is 10.1 Å². The van der Waals surface area contributed by atoms with Gasteiger partial charge in [-0.15, -0.1) is 0 Å². The standard InChI is InChI=1S/C27H29NO3/c1-31-26-16-19(14-15-25(26)29)17-27(30)28-22-11-7-10-21(18-22)24-13-6-5-12-23(24)20-8-3-2-4-9-20/h2-4,7-11,14-16,23,29H,5-6,12-13,17-18H2,1H3,(H,28,30). The number of methoxy groups -OCH3 is 1. The van der Waals surface area contributed by atoms with Crippen molar-refractivity contribution in [3.8, 4) is 11.5 Å². The maximum absolute atomic E-state index is 12.6. The highest BCUT2D eigenvalue weighted by atomic mass is 16.5. The van der Waals surface area contributed by atoms with Crippen LogP contribution in [0.4, 0.5) is 0 Å². The van der Waals surface area contributed by atoms with Crippen molar-refractivity contribution in [3.63, 3.8) is 0 Å². The summed E-state index contributed by atoms with van der Waals surface area (Å²) >= 11 is 0. The summed E-state index contributed by atoms with van der Waals surface area (Å²) in [6.45, 7) is 0. The molecule has 1 unspecified atom stereocenters. The lowest BCUT2D eigenvalue weighted by molar-refractivity contribution is -0.119. The molecule has 1 atom stereocenters. The Hall–Kier alpha value is -3.27. The van der Waals surface area contributed by atoms with Crippen LogP contribution in [0.1, 0.15) is 49.1 Å². The highest BCUT2D eigenvalue weighted by Gasteiger charge is 2.24. The Morgan fingerprint density at radius 3 is 2.81 bits per heavy atom. The smallest absolute Gasteiger partial charge is 0.228 e. The van der Waals surface area contributed by atoms with Crippen molar-refractivity contribution in [1.29, 1.82) is 0 Å². The van der Waals surface area contributed by atoms with E-state index in [0.717, 1.165) is 24.1 Å². The summed E-state index contributed by atoms with van der Waals surface area (Å²) in [5, 5.41) is 12.8. The van der Waals surface area contributed by atoms with E-state index in [9.17, 15) is 9.90 Å². The largest absolute Gasteiger partial charge is 0.504 e. The minimum Gasteiger partial charge on any atom is -0.504 e. The molecule has 160 valence electrons. The molecule has 0 heterocycles. The minimum absolute atomic E-state index is 0.0677. The van der Waals surface area contributed by atoms with Gasteiger partial charge in [-0.1, -0.05) is 60.5 Å². The molecule has 0 radical (unpaired) electrons. The highest BCUT2D eigenvalue weighted by Crippen LogP contribution is 2.41.